The molecule has 0 saturated carbocycles. The predicted molar refractivity (Wildman–Crippen MR) is 78.7 cm³/mol. The minimum Gasteiger partial charge on any atom is -0.484 e. The second-order valence-electron chi connectivity index (χ2n) is 5.18. The molecule has 1 heterocycles. The molecule has 0 unspecified atom stereocenters. The molecule has 0 aliphatic carbocycles. The van der Waals surface area contributed by atoms with Crippen LogP contribution in [0.1, 0.15) is 16.8 Å². The van der Waals surface area contributed by atoms with Crippen LogP contribution < -0.4 is 4.74 Å². The van der Waals surface area contributed by atoms with Crippen LogP contribution in [0.2, 0.25) is 0 Å². The Labute approximate surface area is 128 Å². The van der Waals surface area contributed by atoms with E-state index in [1.165, 1.54) is 23.1 Å². The van der Waals surface area contributed by atoms with Crippen molar-refractivity contribution >= 4 is 21.7 Å². The van der Waals surface area contributed by atoms with Crippen LogP contribution in [0.3, 0.4) is 0 Å². The average molecular weight is 327 g/mol. The van der Waals surface area contributed by atoms with Gasteiger partial charge in [-0.2, -0.15) is 0 Å². The third-order valence-corrected chi connectivity index (χ3v) is 5.34. The lowest BCUT2D eigenvalue weighted by atomic mass is 10.2. The Bertz CT molecular complexity index is 684. The Kier molecular flexibility index (Phi) is 4.70. The van der Waals surface area contributed by atoms with Crippen LogP contribution in [0.25, 0.3) is 0 Å². The molecule has 0 spiro atoms. The molecule has 1 aliphatic rings. The summed E-state index contributed by atoms with van der Waals surface area (Å²) in [6, 6.07) is 5.50. The number of hydrogen-bond donors (Lipinski definition) is 1. The summed E-state index contributed by atoms with van der Waals surface area (Å²) >= 11 is 0. The van der Waals surface area contributed by atoms with Gasteiger partial charge in [-0.1, -0.05) is 6.07 Å². The number of carbonyl (C=O) groups is 2. The molecular weight excluding hydrogens is 310 g/mol. The number of aromatic carboxylic acids is 1. The summed E-state index contributed by atoms with van der Waals surface area (Å²) in [5, 5.41) is 8.88. The monoisotopic (exact) mass is 327 g/mol. The Morgan fingerprint density at radius 1 is 1.41 bits per heavy atom. The molecule has 120 valence electrons. The van der Waals surface area contributed by atoms with Crippen LogP contribution in [0.15, 0.2) is 24.3 Å². The van der Waals surface area contributed by atoms with E-state index >= 15 is 0 Å². The van der Waals surface area contributed by atoms with Gasteiger partial charge in [-0.05, 0) is 24.6 Å². The molecule has 0 bridgehead atoms. The van der Waals surface area contributed by atoms with E-state index < -0.39 is 15.8 Å². The maximum atomic E-state index is 12.0. The van der Waals surface area contributed by atoms with Gasteiger partial charge >= 0.3 is 5.97 Å². The molecule has 1 aromatic rings. The number of hydrogen-bond acceptors (Lipinski definition) is 5. The zero-order valence-electron chi connectivity index (χ0n) is 12.1. The van der Waals surface area contributed by atoms with Gasteiger partial charge in [-0.15, -0.1) is 0 Å². The van der Waals surface area contributed by atoms with Crippen LogP contribution in [0.4, 0.5) is 0 Å². The summed E-state index contributed by atoms with van der Waals surface area (Å²) in [5.41, 5.74) is 0.0696. The Hall–Kier alpha value is -2.09. The molecular formula is C14H17NO6S. The van der Waals surface area contributed by atoms with Gasteiger partial charge in [-0.25, -0.2) is 13.2 Å². The van der Waals surface area contributed by atoms with Crippen LogP contribution in [-0.2, 0) is 14.6 Å². The molecule has 1 aromatic carbocycles. The normalized spacial score (nSPS) is 19.6. The lowest BCUT2D eigenvalue weighted by Crippen LogP contribution is -2.40. The number of likely N-dealkylation sites (N-methyl/N-ethyl adjacent to an activating group) is 1. The average Bonchev–Trinajstić information content (AvgIpc) is 2.84. The van der Waals surface area contributed by atoms with E-state index in [1.807, 2.05) is 0 Å². The molecule has 0 aromatic heterocycles. The Morgan fingerprint density at radius 2 is 2.14 bits per heavy atom. The van der Waals surface area contributed by atoms with Crippen molar-refractivity contribution in [2.45, 2.75) is 12.5 Å². The fraction of sp³-hybridized carbons (Fsp3) is 0.429. The third kappa shape index (κ3) is 3.97. The van der Waals surface area contributed by atoms with Gasteiger partial charge in [0.25, 0.3) is 5.91 Å². The largest absolute Gasteiger partial charge is 0.484 e. The minimum atomic E-state index is -3.06. The van der Waals surface area contributed by atoms with E-state index in [4.69, 9.17) is 9.84 Å². The van der Waals surface area contributed by atoms with Crippen molar-refractivity contribution in [1.29, 1.82) is 0 Å². The number of amides is 1. The number of ether oxygens (including phenoxy) is 1. The number of nitrogens with zero attached hydrogens (tertiary/aromatic N) is 1. The number of carboxylic acid groups (broad SMARTS) is 1. The van der Waals surface area contributed by atoms with Crippen molar-refractivity contribution in [3.63, 3.8) is 0 Å². The van der Waals surface area contributed by atoms with Gasteiger partial charge < -0.3 is 14.7 Å². The summed E-state index contributed by atoms with van der Waals surface area (Å²) in [5.74, 6) is -1.07. The first-order chi connectivity index (χ1) is 10.3. The van der Waals surface area contributed by atoms with E-state index in [0.717, 1.165) is 0 Å². The van der Waals surface area contributed by atoms with Crippen molar-refractivity contribution in [3.8, 4) is 5.75 Å². The van der Waals surface area contributed by atoms with E-state index in [1.54, 1.807) is 13.1 Å². The Balaban J connectivity index is 1.92. The highest BCUT2D eigenvalue weighted by molar-refractivity contribution is 7.91. The molecule has 2 rings (SSSR count). The van der Waals surface area contributed by atoms with Crippen molar-refractivity contribution in [3.05, 3.63) is 29.8 Å². The maximum absolute atomic E-state index is 12.0. The second-order valence-corrected chi connectivity index (χ2v) is 7.41. The zero-order valence-corrected chi connectivity index (χ0v) is 12.9. The first kappa shape index (κ1) is 16.3. The highest BCUT2D eigenvalue weighted by Gasteiger charge is 2.32. The molecule has 1 amide bonds. The summed E-state index contributed by atoms with van der Waals surface area (Å²) in [6.07, 6.45) is 0.430. The number of rotatable bonds is 5. The third-order valence-electron chi connectivity index (χ3n) is 3.59. The molecule has 8 heteroatoms. The van der Waals surface area contributed by atoms with Crippen molar-refractivity contribution in [1.82, 2.24) is 4.90 Å². The zero-order chi connectivity index (χ0) is 16.3. The van der Waals surface area contributed by atoms with Gasteiger partial charge in [0.2, 0.25) is 0 Å². The van der Waals surface area contributed by atoms with Crippen molar-refractivity contribution < 1.29 is 27.9 Å². The number of benzene rings is 1. The van der Waals surface area contributed by atoms with Crippen LogP contribution in [-0.4, -0.2) is 61.5 Å². The van der Waals surface area contributed by atoms with E-state index in [2.05, 4.69) is 0 Å². The molecule has 1 aliphatic heterocycles. The number of sulfone groups is 1. The summed E-state index contributed by atoms with van der Waals surface area (Å²) in [4.78, 5) is 24.3. The molecule has 1 saturated heterocycles. The van der Waals surface area contributed by atoms with Gasteiger partial charge in [-0.3, -0.25) is 4.79 Å². The molecule has 1 fully saturated rings. The number of carboxylic acids is 1. The van der Waals surface area contributed by atoms with E-state index in [-0.39, 0.29) is 41.4 Å². The Morgan fingerprint density at radius 3 is 2.73 bits per heavy atom. The lowest BCUT2D eigenvalue weighted by molar-refractivity contribution is -0.133. The van der Waals surface area contributed by atoms with Gasteiger partial charge in [0.05, 0.1) is 17.1 Å². The quantitative estimate of drug-likeness (QED) is 0.840. The fourth-order valence-corrected chi connectivity index (χ4v) is 4.02. The van der Waals surface area contributed by atoms with E-state index in [0.29, 0.717) is 6.42 Å². The van der Waals surface area contributed by atoms with Crippen LogP contribution >= 0.6 is 0 Å². The molecule has 1 atom stereocenters. The van der Waals surface area contributed by atoms with Crippen molar-refractivity contribution in [2.24, 2.45) is 0 Å². The smallest absolute Gasteiger partial charge is 0.335 e. The summed E-state index contributed by atoms with van der Waals surface area (Å²) in [7, 11) is -1.51. The maximum Gasteiger partial charge on any atom is 0.335 e. The summed E-state index contributed by atoms with van der Waals surface area (Å²) < 4.78 is 28.1. The van der Waals surface area contributed by atoms with Gasteiger partial charge in [0, 0.05) is 13.1 Å². The molecule has 0 radical (unpaired) electrons. The topological polar surface area (TPSA) is 101 Å². The first-order valence-electron chi connectivity index (χ1n) is 6.71. The van der Waals surface area contributed by atoms with Crippen LogP contribution in [0.5, 0.6) is 5.75 Å². The molecule has 22 heavy (non-hydrogen) atoms. The van der Waals surface area contributed by atoms with E-state index in [9.17, 15) is 18.0 Å². The highest BCUT2D eigenvalue weighted by atomic mass is 32.2. The molecule has 7 nitrogen and oxygen atoms in total. The number of carbonyl (C=O) groups excluding carboxylic acids is 1. The van der Waals surface area contributed by atoms with Crippen LogP contribution in [0, 0.1) is 0 Å². The summed E-state index contributed by atoms with van der Waals surface area (Å²) in [6.45, 7) is -0.268. The van der Waals surface area contributed by atoms with Gasteiger partial charge in [0.1, 0.15) is 5.75 Å². The standard InChI is InChI=1S/C14H17NO6S/c1-15(11-5-6-22(19,20)9-11)13(16)8-21-12-4-2-3-10(7-12)14(17)18/h2-4,7,11H,5-6,8-9H2,1H3,(H,17,18)/t11-/m0/s1. The first-order valence-corrected chi connectivity index (χ1v) is 8.53. The molecule has 1 N–H and O–H groups in total. The second kappa shape index (κ2) is 6.35. The minimum absolute atomic E-state index is 0.0241. The van der Waals surface area contributed by atoms with Crippen molar-refractivity contribution in [2.75, 3.05) is 25.2 Å². The predicted octanol–water partition coefficient (Wildman–Crippen LogP) is 0.409. The fourth-order valence-electron chi connectivity index (χ4n) is 2.25. The highest BCUT2D eigenvalue weighted by Crippen LogP contribution is 2.17. The SMILES string of the molecule is CN(C(=O)COc1cccc(C(=O)O)c1)[C@H]1CCS(=O)(=O)C1. The van der Waals surface area contributed by atoms with Gasteiger partial charge in [0.15, 0.2) is 16.4 Å². The lowest BCUT2D eigenvalue weighted by Gasteiger charge is -2.23.